The van der Waals surface area contributed by atoms with Gasteiger partial charge in [-0.3, -0.25) is 14.7 Å². The Balaban J connectivity index is 1.74. The largest absolute Gasteiger partial charge is 0.504 e. The number of H-pyrrole nitrogens is 2. The van der Waals surface area contributed by atoms with Crippen LogP contribution in [0.5, 0.6) is 17.2 Å². The zero-order valence-electron chi connectivity index (χ0n) is 17.4. The molecule has 8 heteroatoms. The average molecular weight is 424 g/mol. The molecular weight excluding hydrogens is 400 g/mol. The topological polar surface area (TPSA) is 114 Å². The normalized spacial score (nSPS) is 13.4. The summed E-state index contributed by atoms with van der Waals surface area (Å²) in [5.41, 5.74) is 3.67. The number of hydrogen-bond acceptors (Lipinski definition) is 6. The molecule has 1 aromatic heterocycles. The van der Waals surface area contributed by atoms with Gasteiger partial charge in [-0.1, -0.05) is 18.2 Å². The van der Waals surface area contributed by atoms with Crippen LogP contribution in [0.2, 0.25) is 0 Å². The lowest BCUT2D eigenvalue weighted by molar-refractivity contribution is -0.140. The summed E-state index contributed by atoms with van der Waals surface area (Å²) < 4.78 is 15.7. The summed E-state index contributed by atoms with van der Waals surface area (Å²) in [4.78, 5) is 25.0. The van der Waals surface area contributed by atoms with Crippen LogP contribution in [-0.4, -0.2) is 42.1 Å². The Morgan fingerprint density at radius 2 is 2.03 bits per heavy atom. The summed E-state index contributed by atoms with van der Waals surface area (Å²) in [5, 5.41) is 15.6. The number of carbonyl (C=O) groups is 1. The molecule has 0 saturated heterocycles. The van der Waals surface area contributed by atoms with Gasteiger partial charge in [0.05, 0.1) is 27.2 Å². The molecule has 2 aromatic carbocycles. The highest BCUT2D eigenvalue weighted by Gasteiger charge is 2.27. The number of benzene rings is 2. The molecule has 31 heavy (non-hydrogen) atoms. The van der Waals surface area contributed by atoms with E-state index in [9.17, 15) is 14.7 Å². The molecule has 3 aromatic rings. The summed E-state index contributed by atoms with van der Waals surface area (Å²) >= 11 is 0. The minimum atomic E-state index is -0.579. The lowest BCUT2D eigenvalue weighted by Crippen LogP contribution is -2.18. The lowest BCUT2D eigenvalue weighted by atomic mass is 9.87. The molecule has 0 amide bonds. The van der Waals surface area contributed by atoms with Crippen LogP contribution in [0.15, 0.2) is 41.2 Å². The van der Waals surface area contributed by atoms with Gasteiger partial charge in [0.15, 0.2) is 11.5 Å². The van der Waals surface area contributed by atoms with Crippen LogP contribution >= 0.6 is 0 Å². The van der Waals surface area contributed by atoms with Crippen molar-refractivity contribution in [2.45, 2.75) is 25.2 Å². The highest BCUT2D eigenvalue weighted by molar-refractivity contribution is 5.71. The number of phenolic OH excluding ortho intramolecular Hbond substituents is 1. The van der Waals surface area contributed by atoms with Crippen molar-refractivity contribution in [3.63, 3.8) is 0 Å². The second kappa shape index (κ2) is 8.59. The number of nitrogens with one attached hydrogen (secondary N) is 2. The van der Waals surface area contributed by atoms with Crippen molar-refractivity contribution in [1.82, 2.24) is 10.2 Å². The minimum absolute atomic E-state index is 0.0216. The number of ether oxygens (including phenoxy) is 3. The van der Waals surface area contributed by atoms with Crippen molar-refractivity contribution >= 4 is 5.97 Å². The van der Waals surface area contributed by atoms with Crippen LogP contribution in [0.3, 0.4) is 0 Å². The summed E-state index contributed by atoms with van der Waals surface area (Å²) in [6.45, 7) is 0.676. The second-order valence-corrected chi connectivity index (χ2v) is 7.45. The number of hydrogen-bond donors (Lipinski definition) is 3. The monoisotopic (exact) mass is 424 g/mol. The summed E-state index contributed by atoms with van der Waals surface area (Å²) in [7, 11) is 2.76. The maximum absolute atomic E-state index is 12.8. The fraction of sp³-hybridized carbons (Fsp3) is 0.304. The predicted octanol–water partition coefficient (Wildman–Crippen LogP) is 2.64. The molecule has 0 saturated carbocycles. The van der Waals surface area contributed by atoms with E-state index in [-0.39, 0.29) is 23.5 Å². The van der Waals surface area contributed by atoms with E-state index in [4.69, 9.17) is 14.2 Å². The van der Waals surface area contributed by atoms with Gasteiger partial charge in [-0.25, -0.2) is 0 Å². The Kier molecular flexibility index (Phi) is 5.70. The van der Waals surface area contributed by atoms with E-state index in [1.807, 2.05) is 12.1 Å². The van der Waals surface area contributed by atoms with Gasteiger partial charge >= 0.3 is 5.97 Å². The first-order valence-electron chi connectivity index (χ1n) is 9.98. The Morgan fingerprint density at radius 1 is 1.19 bits per heavy atom. The molecule has 162 valence electrons. The number of aromatic hydroxyl groups is 1. The van der Waals surface area contributed by atoms with Gasteiger partial charge in [-0.05, 0) is 34.9 Å². The molecule has 1 aliphatic rings. The van der Waals surface area contributed by atoms with E-state index in [0.717, 1.165) is 23.3 Å². The predicted molar refractivity (Wildman–Crippen MR) is 113 cm³/mol. The number of methoxy groups -OCH3 is 2. The minimum Gasteiger partial charge on any atom is -0.504 e. The van der Waals surface area contributed by atoms with Crippen molar-refractivity contribution in [2.24, 2.45) is 0 Å². The van der Waals surface area contributed by atoms with E-state index < -0.39 is 11.9 Å². The molecule has 3 N–H and O–H groups in total. The van der Waals surface area contributed by atoms with E-state index in [0.29, 0.717) is 29.8 Å². The summed E-state index contributed by atoms with van der Waals surface area (Å²) in [6.07, 6.45) is 1.31. The molecule has 0 aliphatic carbocycles. The summed E-state index contributed by atoms with van der Waals surface area (Å²) in [6, 6.07) is 10.8. The van der Waals surface area contributed by atoms with Gasteiger partial charge in [0.25, 0.3) is 5.56 Å². The lowest BCUT2D eigenvalue weighted by Gasteiger charge is -2.18. The van der Waals surface area contributed by atoms with Crippen LogP contribution in [0.25, 0.3) is 0 Å². The van der Waals surface area contributed by atoms with Gasteiger partial charge in [-0.15, -0.1) is 0 Å². The first kappa shape index (κ1) is 20.6. The van der Waals surface area contributed by atoms with E-state index in [1.165, 1.54) is 20.3 Å². The van der Waals surface area contributed by atoms with Gasteiger partial charge in [0.2, 0.25) is 0 Å². The molecule has 0 radical (unpaired) electrons. The number of phenols is 1. The number of carbonyl (C=O) groups excluding carboxylic acids is 1. The number of fused-ring (bicyclic) bond motifs is 1. The standard InChI is InChI=1S/C23H24N2O6/c1-29-20-11-14(4-5-18(20)26)16(12-21(27)30-2)22-17(24-25-23(22)28)10-13-3-6-19-15(9-13)7-8-31-19/h3-6,9,11,16,26H,7-8,10,12H2,1-2H3,(H2,24,25,28)/t16-/m0/s1. The third kappa shape index (κ3) is 4.14. The SMILES string of the molecule is COC(=O)C[C@@H](c1ccc(O)c(OC)c1)c1c(Cc2ccc3c(c2)CCO3)[nH][nH]c1=O. The van der Waals surface area contributed by atoms with Crippen molar-refractivity contribution in [3.8, 4) is 17.2 Å². The Hall–Kier alpha value is -3.68. The van der Waals surface area contributed by atoms with Gasteiger partial charge in [0.1, 0.15) is 5.75 Å². The molecule has 4 rings (SSSR count). The van der Waals surface area contributed by atoms with E-state index >= 15 is 0 Å². The van der Waals surface area contributed by atoms with E-state index in [1.54, 1.807) is 12.1 Å². The molecule has 0 spiro atoms. The van der Waals surface area contributed by atoms with Crippen molar-refractivity contribution in [3.05, 3.63) is 74.7 Å². The first-order chi connectivity index (χ1) is 15.0. The molecule has 8 nitrogen and oxygen atoms in total. The third-order valence-corrected chi connectivity index (χ3v) is 5.58. The van der Waals surface area contributed by atoms with Crippen molar-refractivity contribution < 1.29 is 24.1 Å². The van der Waals surface area contributed by atoms with Crippen LogP contribution in [0, 0.1) is 0 Å². The maximum atomic E-state index is 12.8. The number of rotatable bonds is 7. The molecular formula is C23H24N2O6. The van der Waals surface area contributed by atoms with Gasteiger partial charge in [0, 0.05) is 30.0 Å². The smallest absolute Gasteiger partial charge is 0.306 e. The highest BCUT2D eigenvalue weighted by Crippen LogP contribution is 2.35. The van der Waals surface area contributed by atoms with Crippen molar-refractivity contribution in [1.29, 1.82) is 0 Å². The summed E-state index contributed by atoms with van der Waals surface area (Å²) in [5.74, 6) is 0.111. The Bertz CT molecular complexity index is 1160. The number of aromatic amines is 2. The first-order valence-corrected chi connectivity index (χ1v) is 9.98. The Labute approximate surface area is 178 Å². The van der Waals surface area contributed by atoms with Gasteiger partial charge in [-0.2, -0.15) is 0 Å². The van der Waals surface area contributed by atoms with Crippen molar-refractivity contribution in [2.75, 3.05) is 20.8 Å². The quantitative estimate of drug-likeness (QED) is 0.503. The molecule has 0 bridgehead atoms. The number of aromatic nitrogens is 2. The van der Waals surface area contributed by atoms with Crippen LogP contribution in [0.1, 0.15) is 40.3 Å². The third-order valence-electron chi connectivity index (χ3n) is 5.58. The van der Waals surface area contributed by atoms with E-state index in [2.05, 4.69) is 16.3 Å². The average Bonchev–Trinajstić information content (AvgIpc) is 3.38. The van der Waals surface area contributed by atoms with Crippen LogP contribution < -0.4 is 15.0 Å². The Morgan fingerprint density at radius 3 is 2.81 bits per heavy atom. The fourth-order valence-electron chi connectivity index (χ4n) is 4.01. The zero-order chi connectivity index (χ0) is 22.0. The fourth-order valence-corrected chi connectivity index (χ4v) is 4.01. The molecule has 1 aliphatic heterocycles. The van der Waals surface area contributed by atoms with Crippen LogP contribution in [0.4, 0.5) is 0 Å². The number of esters is 1. The molecule has 0 fully saturated rings. The second-order valence-electron chi connectivity index (χ2n) is 7.45. The molecule has 1 atom stereocenters. The zero-order valence-corrected chi connectivity index (χ0v) is 17.4. The molecule has 0 unspecified atom stereocenters. The van der Waals surface area contributed by atoms with Crippen LogP contribution in [-0.2, 0) is 22.4 Å². The maximum Gasteiger partial charge on any atom is 0.306 e. The molecule has 2 heterocycles. The highest BCUT2D eigenvalue weighted by atomic mass is 16.5. The van der Waals surface area contributed by atoms with Gasteiger partial charge < -0.3 is 24.4 Å².